The van der Waals surface area contributed by atoms with Gasteiger partial charge in [-0.2, -0.15) is 13.2 Å². The van der Waals surface area contributed by atoms with Crippen molar-refractivity contribution in [1.29, 1.82) is 0 Å². The number of nitrogens with one attached hydrogen (secondary N) is 3. The Labute approximate surface area is 233 Å². The Hall–Kier alpha value is -3.69. The summed E-state index contributed by atoms with van der Waals surface area (Å²) in [6, 6.07) is 6.79. The molecular weight excluding hydrogens is 571 g/mol. The largest absolute Gasteiger partial charge is 0.465 e. The molecule has 0 bridgehead atoms. The number of carbonyl (C=O) groups excluding carboxylic acids is 2. The minimum Gasteiger partial charge on any atom is -0.465 e. The molecule has 1 fully saturated rings. The van der Waals surface area contributed by atoms with E-state index in [0.717, 1.165) is 18.9 Å². The fourth-order valence-corrected chi connectivity index (χ4v) is 6.33. The maximum atomic E-state index is 13.1. The quantitative estimate of drug-likeness (QED) is 0.240. The molecule has 0 aliphatic heterocycles. The number of alkyl halides is 3. The third-order valence-electron chi connectivity index (χ3n) is 6.73. The molecule has 1 aliphatic rings. The number of carbonyl (C=O) groups is 3. The van der Waals surface area contributed by atoms with Gasteiger partial charge in [-0.1, -0.05) is 25.0 Å². The Kier molecular flexibility index (Phi) is 10.3. The van der Waals surface area contributed by atoms with Gasteiger partial charge in [0.1, 0.15) is 6.10 Å². The normalized spacial score (nSPS) is 18.3. The van der Waals surface area contributed by atoms with E-state index in [4.69, 9.17) is 10.2 Å². The highest BCUT2D eigenvalue weighted by Gasteiger charge is 2.33. The second-order valence-electron chi connectivity index (χ2n) is 9.64. The second-order valence-corrected chi connectivity index (χ2v) is 11.7. The molecule has 3 rings (SSSR count). The van der Waals surface area contributed by atoms with Crippen LogP contribution in [0, 0.1) is 5.92 Å². The summed E-state index contributed by atoms with van der Waals surface area (Å²) in [5.41, 5.74) is -1.87. The first-order valence-corrected chi connectivity index (χ1v) is 14.3. The molecule has 0 spiro atoms. The minimum absolute atomic E-state index is 0.0150. The molecule has 0 aromatic heterocycles. The molecule has 2 aromatic carbocycles. The molecule has 3 atom stereocenters. The Morgan fingerprint density at radius 1 is 1.02 bits per heavy atom. The summed E-state index contributed by atoms with van der Waals surface area (Å²) in [7, 11) is -3.78. The number of aliphatic hydroxyl groups excluding tert-OH is 2. The maximum Gasteiger partial charge on any atom is 0.416 e. The number of amides is 3. The van der Waals surface area contributed by atoms with Crippen molar-refractivity contribution in [3.63, 3.8) is 0 Å². The number of carboxylic acid groups (broad SMARTS) is 1. The van der Waals surface area contributed by atoms with Crippen LogP contribution in [0.5, 0.6) is 0 Å². The summed E-state index contributed by atoms with van der Waals surface area (Å²) in [6.07, 6.45) is -5.11. The number of sulfone groups is 1. The van der Waals surface area contributed by atoms with Crippen molar-refractivity contribution < 1.29 is 51.3 Å². The number of rotatable bonds is 10. The fourth-order valence-electron chi connectivity index (χ4n) is 4.62. The Morgan fingerprint density at radius 3 is 2.29 bits per heavy atom. The van der Waals surface area contributed by atoms with Crippen LogP contribution in [0.1, 0.15) is 53.3 Å². The topological polar surface area (TPSA) is 182 Å². The molecule has 2 aromatic rings. The highest BCUT2D eigenvalue weighted by molar-refractivity contribution is 7.91. The smallest absolute Gasteiger partial charge is 0.416 e. The van der Waals surface area contributed by atoms with E-state index in [-0.39, 0.29) is 10.6 Å². The van der Waals surface area contributed by atoms with Crippen molar-refractivity contribution in [3.8, 4) is 0 Å². The van der Waals surface area contributed by atoms with E-state index in [1.54, 1.807) is 0 Å². The summed E-state index contributed by atoms with van der Waals surface area (Å²) in [4.78, 5) is 36.3. The summed E-state index contributed by atoms with van der Waals surface area (Å²) >= 11 is 0. The van der Waals surface area contributed by atoms with Crippen LogP contribution >= 0.6 is 0 Å². The zero-order chi connectivity index (χ0) is 30.4. The third kappa shape index (κ3) is 8.65. The summed E-state index contributed by atoms with van der Waals surface area (Å²) in [6.45, 7) is -1.16. The average molecular weight is 602 g/mol. The van der Waals surface area contributed by atoms with Crippen LogP contribution in [0.15, 0.2) is 47.4 Å². The molecule has 0 heterocycles. The number of hydrogen-bond acceptors (Lipinski definition) is 7. The van der Waals surface area contributed by atoms with E-state index in [9.17, 15) is 41.1 Å². The van der Waals surface area contributed by atoms with Crippen molar-refractivity contribution in [2.45, 2.75) is 48.9 Å². The molecule has 1 aliphatic carbocycles. The van der Waals surface area contributed by atoms with E-state index < -0.39 is 82.0 Å². The van der Waals surface area contributed by atoms with Crippen LogP contribution in [0.4, 0.5) is 23.7 Å². The fraction of sp³-hybridized carbons (Fsp3) is 0.423. The molecule has 3 amide bonds. The number of halogens is 3. The van der Waals surface area contributed by atoms with Crippen molar-refractivity contribution in [2.24, 2.45) is 5.92 Å². The average Bonchev–Trinajstić information content (AvgIpc) is 2.91. The van der Waals surface area contributed by atoms with Gasteiger partial charge in [-0.15, -0.1) is 0 Å². The van der Waals surface area contributed by atoms with Gasteiger partial charge in [0, 0.05) is 6.04 Å². The molecule has 0 saturated heterocycles. The van der Waals surface area contributed by atoms with Crippen molar-refractivity contribution in [1.82, 2.24) is 10.6 Å². The maximum absolute atomic E-state index is 13.1. The van der Waals surface area contributed by atoms with E-state index in [1.807, 2.05) is 5.32 Å². The van der Waals surface area contributed by atoms with Gasteiger partial charge < -0.3 is 26.0 Å². The van der Waals surface area contributed by atoms with E-state index >= 15 is 0 Å². The van der Waals surface area contributed by atoms with Crippen LogP contribution in [-0.2, 0) is 20.8 Å². The first-order chi connectivity index (χ1) is 19.2. The van der Waals surface area contributed by atoms with E-state index in [0.29, 0.717) is 30.5 Å². The molecular formula is C26H30F3N3O8S. The predicted octanol–water partition coefficient (Wildman–Crippen LogP) is 2.70. The SMILES string of the molecule is O=C(O)Nc1ccc(C(F)(F)F)cc1C(=O)NCC(=O)NC1CCCCC1CS(=O)(=O)c1ccc(C(O)CO)cc1. The van der Waals surface area contributed by atoms with Crippen LogP contribution in [0.3, 0.4) is 0 Å². The highest BCUT2D eigenvalue weighted by atomic mass is 32.2. The zero-order valence-corrected chi connectivity index (χ0v) is 22.5. The van der Waals surface area contributed by atoms with Crippen molar-refractivity contribution >= 4 is 33.4 Å². The monoisotopic (exact) mass is 601 g/mol. The van der Waals surface area contributed by atoms with Gasteiger partial charge in [-0.05, 0) is 54.7 Å². The van der Waals surface area contributed by atoms with Crippen LogP contribution in [0.2, 0.25) is 0 Å². The van der Waals surface area contributed by atoms with Gasteiger partial charge in [0.05, 0.1) is 40.6 Å². The number of benzene rings is 2. The lowest BCUT2D eigenvalue weighted by Crippen LogP contribution is -2.47. The lowest BCUT2D eigenvalue weighted by atomic mass is 9.86. The van der Waals surface area contributed by atoms with Gasteiger partial charge in [0.25, 0.3) is 5.91 Å². The molecule has 41 heavy (non-hydrogen) atoms. The standard InChI is InChI=1S/C26H30F3N3O8S/c27-26(28,29)17-7-10-21(32-25(37)38)19(11-17)24(36)30-12-23(35)31-20-4-2-1-3-16(20)14-41(39,40)18-8-5-15(6-9-18)22(34)13-33/h5-11,16,20,22,32-34H,1-4,12-14H2,(H,30,36)(H,31,35)(H,37,38). The van der Waals surface area contributed by atoms with Gasteiger partial charge in [0.15, 0.2) is 9.84 Å². The van der Waals surface area contributed by atoms with E-state index in [2.05, 4.69) is 10.6 Å². The lowest BCUT2D eigenvalue weighted by molar-refractivity contribution is -0.137. The van der Waals surface area contributed by atoms with Crippen LogP contribution in [-0.4, -0.2) is 66.6 Å². The third-order valence-corrected chi connectivity index (χ3v) is 8.59. The molecule has 224 valence electrons. The zero-order valence-electron chi connectivity index (χ0n) is 21.6. The number of aliphatic hydroxyl groups is 2. The highest BCUT2D eigenvalue weighted by Crippen LogP contribution is 2.32. The van der Waals surface area contributed by atoms with Gasteiger partial charge in [-0.25, -0.2) is 13.2 Å². The molecule has 6 N–H and O–H groups in total. The molecule has 0 radical (unpaired) electrons. The number of hydrogen-bond donors (Lipinski definition) is 6. The Bertz CT molecular complexity index is 1370. The second kappa shape index (κ2) is 13.3. The Morgan fingerprint density at radius 2 is 1.68 bits per heavy atom. The minimum atomic E-state index is -4.80. The molecule has 15 heteroatoms. The van der Waals surface area contributed by atoms with Crippen molar-refractivity contribution in [2.75, 3.05) is 24.2 Å². The summed E-state index contributed by atoms with van der Waals surface area (Å²) < 4.78 is 65.5. The van der Waals surface area contributed by atoms with Crippen LogP contribution in [0.25, 0.3) is 0 Å². The first-order valence-electron chi connectivity index (χ1n) is 12.6. The lowest BCUT2D eigenvalue weighted by Gasteiger charge is -2.32. The van der Waals surface area contributed by atoms with Crippen molar-refractivity contribution in [3.05, 3.63) is 59.2 Å². The van der Waals surface area contributed by atoms with Gasteiger partial charge >= 0.3 is 12.3 Å². The Balaban J connectivity index is 1.66. The summed E-state index contributed by atoms with van der Waals surface area (Å²) in [5.74, 6) is -2.55. The summed E-state index contributed by atoms with van der Waals surface area (Å²) in [5, 5.41) is 34.4. The van der Waals surface area contributed by atoms with Gasteiger partial charge in [-0.3, -0.25) is 14.9 Å². The van der Waals surface area contributed by atoms with Crippen LogP contribution < -0.4 is 16.0 Å². The van der Waals surface area contributed by atoms with Gasteiger partial charge in [0.2, 0.25) is 5.91 Å². The number of anilines is 1. The molecule has 1 saturated carbocycles. The first kappa shape index (κ1) is 31.8. The van der Waals surface area contributed by atoms with E-state index in [1.165, 1.54) is 24.3 Å². The molecule has 3 unspecified atom stereocenters. The predicted molar refractivity (Wildman–Crippen MR) is 140 cm³/mol. The molecule has 11 nitrogen and oxygen atoms in total.